The number of hydrogen-bond donors (Lipinski definition) is 3. The van der Waals surface area contributed by atoms with E-state index in [2.05, 4.69) is 20.9 Å². The van der Waals surface area contributed by atoms with Crippen molar-refractivity contribution in [2.24, 2.45) is 0 Å². The largest absolute Gasteiger partial charge is 0.436 e. The number of hydrogen-bond acceptors (Lipinski definition) is 6. The van der Waals surface area contributed by atoms with Crippen LogP contribution in [-0.2, 0) is 9.59 Å². The molecule has 0 aliphatic carbocycles. The summed E-state index contributed by atoms with van der Waals surface area (Å²) in [6, 6.07) is 48.1. The first-order valence-electron chi connectivity index (χ1n) is 16.9. The second-order valence-corrected chi connectivity index (χ2v) is 13.4. The highest BCUT2D eigenvalue weighted by Gasteiger charge is 2.23. The zero-order valence-electron chi connectivity index (χ0n) is 28.7. The zero-order chi connectivity index (χ0) is 36.6. The molecule has 0 spiro atoms. The molecule has 6 aromatic carbocycles. The predicted molar refractivity (Wildman–Crippen MR) is 211 cm³/mol. The molecule has 0 fully saturated rings. The molecule has 260 valence electrons. The van der Waals surface area contributed by atoms with E-state index in [9.17, 15) is 14.4 Å². The summed E-state index contributed by atoms with van der Waals surface area (Å²) < 4.78 is 5.90. The van der Waals surface area contributed by atoms with Gasteiger partial charge in [-0.05, 0) is 90.9 Å². The molecule has 3 N–H and O–H groups in total. The Hall–Kier alpha value is -6.71. The van der Waals surface area contributed by atoms with Gasteiger partial charge in [0.15, 0.2) is 5.58 Å². The van der Waals surface area contributed by atoms with Crippen LogP contribution in [-0.4, -0.2) is 22.7 Å². The first-order chi connectivity index (χ1) is 25.9. The smallest absolute Gasteiger partial charge is 0.272 e. The van der Waals surface area contributed by atoms with Crippen LogP contribution in [0.1, 0.15) is 32.3 Å². The van der Waals surface area contributed by atoms with Gasteiger partial charge in [-0.1, -0.05) is 96.6 Å². The molecular formula is C44H34N4O4S. The minimum atomic E-state index is -0.610. The van der Waals surface area contributed by atoms with Crippen LogP contribution in [0.15, 0.2) is 173 Å². The first-order valence-corrected chi connectivity index (χ1v) is 17.8. The second kappa shape index (κ2) is 16.1. The Morgan fingerprint density at radius 1 is 0.698 bits per heavy atom. The highest BCUT2D eigenvalue weighted by Crippen LogP contribution is 2.37. The van der Waals surface area contributed by atoms with Gasteiger partial charge in [-0.15, -0.1) is 11.8 Å². The molecule has 0 radical (unpaired) electrons. The highest BCUT2D eigenvalue weighted by molar-refractivity contribution is 8.00. The molecule has 9 heteroatoms. The Morgan fingerprint density at radius 3 is 2.17 bits per heavy atom. The number of aryl methyl sites for hydroxylation is 1. The van der Waals surface area contributed by atoms with Crippen molar-refractivity contribution < 1.29 is 18.8 Å². The number of carbonyl (C=O) groups excluding carboxylic acids is 3. The van der Waals surface area contributed by atoms with Gasteiger partial charge < -0.3 is 20.4 Å². The van der Waals surface area contributed by atoms with E-state index in [1.807, 2.05) is 134 Å². The average Bonchev–Trinajstić information content (AvgIpc) is 3.62. The van der Waals surface area contributed by atoms with Crippen LogP contribution in [0.5, 0.6) is 0 Å². The fourth-order valence-corrected chi connectivity index (χ4v) is 6.73. The van der Waals surface area contributed by atoms with Crippen LogP contribution >= 0.6 is 11.8 Å². The molecule has 3 amide bonds. The summed E-state index contributed by atoms with van der Waals surface area (Å²) in [7, 11) is 0. The van der Waals surface area contributed by atoms with E-state index in [4.69, 9.17) is 4.42 Å². The van der Waals surface area contributed by atoms with Crippen molar-refractivity contribution in [3.05, 3.63) is 186 Å². The van der Waals surface area contributed by atoms with Gasteiger partial charge in [-0.2, -0.15) is 0 Å². The highest BCUT2D eigenvalue weighted by atomic mass is 32.2. The van der Waals surface area contributed by atoms with Crippen LogP contribution in [0.4, 0.5) is 11.4 Å². The van der Waals surface area contributed by atoms with Crippen LogP contribution in [0.3, 0.4) is 0 Å². The molecule has 1 heterocycles. The molecule has 0 saturated carbocycles. The van der Waals surface area contributed by atoms with Crippen molar-refractivity contribution in [2.75, 3.05) is 10.6 Å². The molecule has 0 bridgehead atoms. The fraction of sp³-hybridized carbons (Fsp3) is 0.0455. The molecule has 0 aliphatic rings. The Labute approximate surface area is 311 Å². The molecule has 8 nitrogen and oxygen atoms in total. The lowest BCUT2D eigenvalue weighted by atomic mass is 10.1. The predicted octanol–water partition coefficient (Wildman–Crippen LogP) is 9.68. The third-order valence-electron chi connectivity index (χ3n) is 8.26. The van der Waals surface area contributed by atoms with Gasteiger partial charge in [0.2, 0.25) is 11.8 Å². The first kappa shape index (κ1) is 34.7. The van der Waals surface area contributed by atoms with Crippen molar-refractivity contribution in [1.82, 2.24) is 10.3 Å². The monoisotopic (exact) mass is 714 g/mol. The zero-order valence-corrected chi connectivity index (χ0v) is 29.5. The standard InChI is InChI=1S/C44H34N4O4S/c1-29-12-10-13-30(26-29)27-38(47-41(49)32-16-6-3-7-17-32)42(50)46-35-18-11-19-36(28-35)53-40(31-14-4-2-5-15-31)43(51)45-34-24-22-33(23-25-34)44-48-37-20-8-9-21-39(37)52-44/h2-28,40H,1H3,(H,45,51)(H,46,50)(H,47,49)/b38-27+. The van der Waals surface area contributed by atoms with E-state index >= 15 is 0 Å². The maximum atomic E-state index is 13.9. The number of amides is 3. The van der Waals surface area contributed by atoms with Crippen molar-refractivity contribution in [3.8, 4) is 11.5 Å². The summed E-state index contributed by atoms with van der Waals surface area (Å²) in [5.41, 5.74) is 6.54. The summed E-state index contributed by atoms with van der Waals surface area (Å²) in [6.45, 7) is 1.96. The number of rotatable bonds is 11. The Balaban J connectivity index is 1.08. The maximum Gasteiger partial charge on any atom is 0.272 e. The molecule has 0 saturated heterocycles. The van der Waals surface area contributed by atoms with E-state index in [0.717, 1.165) is 32.7 Å². The minimum Gasteiger partial charge on any atom is -0.436 e. The SMILES string of the molecule is Cc1cccc(/C=C(/NC(=O)c2ccccc2)C(=O)Nc2cccc(SC(C(=O)Nc3ccc(-c4nc5ccccc5o4)cc3)c3ccccc3)c2)c1. The number of nitrogens with zero attached hydrogens (tertiary/aromatic N) is 1. The number of fused-ring (bicyclic) bond motifs is 1. The van der Waals surface area contributed by atoms with Gasteiger partial charge >= 0.3 is 0 Å². The summed E-state index contributed by atoms with van der Waals surface area (Å²) in [5, 5.41) is 8.17. The van der Waals surface area contributed by atoms with E-state index in [-0.39, 0.29) is 11.6 Å². The normalized spacial score (nSPS) is 11.8. The Kier molecular flexibility index (Phi) is 10.5. The summed E-state index contributed by atoms with van der Waals surface area (Å²) in [4.78, 5) is 46.0. The van der Waals surface area contributed by atoms with Crippen molar-refractivity contribution >= 4 is 58.0 Å². The number of benzene rings is 6. The fourth-order valence-electron chi connectivity index (χ4n) is 5.65. The molecule has 0 aliphatic heterocycles. The number of anilines is 2. The van der Waals surface area contributed by atoms with Crippen LogP contribution in [0, 0.1) is 6.92 Å². The second-order valence-electron chi connectivity index (χ2n) is 12.2. The lowest BCUT2D eigenvalue weighted by Gasteiger charge is -2.18. The quantitative estimate of drug-likeness (QED) is 0.0909. The molecule has 53 heavy (non-hydrogen) atoms. The maximum absolute atomic E-state index is 13.9. The van der Waals surface area contributed by atoms with Gasteiger partial charge in [0.05, 0.1) is 0 Å². The van der Waals surface area contributed by atoms with E-state index < -0.39 is 17.1 Å². The minimum absolute atomic E-state index is 0.0890. The van der Waals surface area contributed by atoms with Crippen LogP contribution in [0.25, 0.3) is 28.6 Å². The van der Waals surface area contributed by atoms with Gasteiger partial charge in [0, 0.05) is 27.4 Å². The topological polar surface area (TPSA) is 113 Å². The number of oxazole rings is 1. The number of thioether (sulfide) groups is 1. The summed E-state index contributed by atoms with van der Waals surface area (Å²) in [6.07, 6.45) is 1.65. The summed E-state index contributed by atoms with van der Waals surface area (Å²) >= 11 is 1.36. The van der Waals surface area contributed by atoms with Gasteiger partial charge in [-0.3, -0.25) is 14.4 Å². The number of carbonyl (C=O) groups is 3. The molecule has 1 atom stereocenters. The molecular weight excluding hydrogens is 681 g/mol. The van der Waals surface area contributed by atoms with Crippen LogP contribution < -0.4 is 16.0 Å². The molecule has 7 aromatic rings. The number of aromatic nitrogens is 1. The van der Waals surface area contributed by atoms with E-state index in [1.54, 1.807) is 36.4 Å². The molecule has 1 unspecified atom stereocenters. The Morgan fingerprint density at radius 2 is 1.42 bits per heavy atom. The van der Waals surface area contributed by atoms with Gasteiger partial charge in [-0.25, -0.2) is 4.98 Å². The number of nitrogens with one attached hydrogen (secondary N) is 3. The molecule has 7 rings (SSSR count). The van der Waals surface area contributed by atoms with Gasteiger partial charge in [0.1, 0.15) is 16.5 Å². The van der Waals surface area contributed by atoms with Crippen LogP contribution in [0.2, 0.25) is 0 Å². The van der Waals surface area contributed by atoms with Crippen molar-refractivity contribution in [2.45, 2.75) is 17.1 Å². The Bertz CT molecular complexity index is 2390. The molecule has 1 aromatic heterocycles. The van der Waals surface area contributed by atoms with Crippen molar-refractivity contribution in [3.63, 3.8) is 0 Å². The van der Waals surface area contributed by atoms with Crippen molar-refractivity contribution in [1.29, 1.82) is 0 Å². The van der Waals surface area contributed by atoms with Gasteiger partial charge in [0.25, 0.3) is 11.8 Å². The third kappa shape index (κ3) is 8.79. The lowest BCUT2D eigenvalue weighted by Crippen LogP contribution is -2.30. The lowest BCUT2D eigenvalue weighted by molar-refractivity contribution is -0.116. The average molecular weight is 715 g/mol. The van der Waals surface area contributed by atoms with E-state index in [0.29, 0.717) is 28.4 Å². The summed E-state index contributed by atoms with van der Waals surface area (Å²) in [5.74, 6) is -0.597. The number of para-hydroxylation sites is 2. The third-order valence-corrected chi connectivity index (χ3v) is 9.51. The van der Waals surface area contributed by atoms with E-state index in [1.165, 1.54) is 11.8 Å².